The molecule has 0 aliphatic rings. The molecule has 3 aromatic rings. The van der Waals surface area contributed by atoms with E-state index < -0.39 is 0 Å². The van der Waals surface area contributed by atoms with E-state index >= 15 is 0 Å². The highest BCUT2D eigenvalue weighted by atomic mass is 16.5. The molecular formula is C16H19N5O. The largest absolute Gasteiger partial charge is 0.481 e. The summed E-state index contributed by atoms with van der Waals surface area (Å²) in [6, 6.07) is 3.83. The molecule has 22 heavy (non-hydrogen) atoms. The van der Waals surface area contributed by atoms with Crippen LogP contribution in [-0.4, -0.2) is 31.2 Å². The van der Waals surface area contributed by atoms with E-state index in [0.717, 1.165) is 30.2 Å². The fraction of sp³-hybridized carbons (Fsp3) is 0.312. The van der Waals surface area contributed by atoms with E-state index in [1.165, 1.54) is 5.69 Å². The van der Waals surface area contributed by atoms with Gasteiger partial charge in [0.25, 0.3) is 0 Å². The first kappa shape index (κ1) is 14.3. The van der Waals surface area contributed by atoms with Gasteiger partial charge in [0, 0.05) is 49.0 Å². The molecule has 3 aromatic heterocycles. The summed E-state index contributed by atoms with van der Waals surface area (Å²) in [5.41, 5.74) is 3.27. The maximum absolute atomic E-state index is 5.18. The molecule has 0 spiro atoms. The number of aryl methyl sites for hydroxylation is 3. The fourth-order valence-electron chi connectivity index (χ4n) is 2.40. The maximum atomic E-state index is 5.18. The van der Waals surface area contributed by atoms with Gasteiger partial charge in [0.2, 0.25) is 5.88 Å². The molecule has 0 aromatic carbocycles. The molecule has 0 saturated heterocycles. The van der Waals surface area contributed by atoms with Crippen LogP contribution in [0.5, 0.6) is 5.88 Å². The minimum Gasteiger partial charge on any atom is -0.481 e. The first-order valence-electron chi connectivity index (χ1n) is 7.19. The fourth-order valence-corrected chi connectivity index (χ4v) is 2.40. The Morgan fingerprint density at radius 1 is 1.05 bits per heavy atom. The van der Waals surface area contributed by atoms with Gasteiger partial charge in [-0.1, -0.05) is 0 Å². The van der Waals surface area contributed by atoms with E-state index in [9.17, 15) is 0 Å². The summed E-state index contributed by atoms with van der Waals surface area (Å²) >= 11 is 0. The average Bonchev–Trinajstić information content (AvgIpc) is 3.14. The van der Waals surface area contributed by atoms with Gasteiger partial charge in [0.15, 0.2) is 0 Å². The molecular weight excluding hydrogens is 278 g/mol. The van der Waals surface area contributed by atoms with E-state index in [4.69, 9.17) is 4.74 Å². The van der Waals surface area contributed by atoms with Gasteiger partial charge in [-0.25, -0.2) is 15.0 Å². The van der Waals surface area contributed by atoms with Crippen molar-refractivity contribution in [2.75, 3.05) is 7.11 Å². The molecule has 114 valence electrons. The van der Waals surface area contributed by atoms with E-state index in [1.54, 1.807) is 13.3 Å². The van der Waals surface area contributed by atoms with E-state index in [2.05, 4.69) is 31.0 Å². The molecule has 0 radical (unpaired) electrons. The second-order valence-corrected chi connectivity index (χ2v) is 5.14. The number of imidazole rings is 2. The van der Waals surface area contributed by atoms with E-state index in [1.807, 2.05) is 37.8 Å². The van der Waals surface area contributed by atoms with Crippen LogP contribution in [0.1, 0.15) is 11.4 Å². The summed E-state index contributed by atoms with van der Waals surface area (Å²) in [7, 11) is 1.61. The van der Waals surface area contributed by atoms with Gasteiger partial charge in [0.05, 0.1) is 19.1 Å². The standard InChI is InChI=1S/C16H19N5O/c1-12-13(2)21(11-19-12)9-8-20-7-6-18-16(20)14-4-5-17-15(10-14)22-3/h4-7,10-11H,8-9H2,1-3H3. The Labute approximate surface area is 129 Å². The molecule has 3 rings (SSSR count). The third-order valence-corrected chi connectivity index (χ3v) is 3.84. The summed E-state index contributed by atoms with van der Waals surface area (Å²) in [4.78, 5) is 12.9. The third kappa shape index (κ3) is 2.72. The van der Waals surface area contributed by atoms with Gasteiger partial charge in [-0.05, 0) is 19.9 Å². The number of methoxy groups -OCH3 is 1. The zero-order valence-corrected chi connectivity index (χ0v) is 13.0. The van der Waals surface area contributed by atoms with Gasteiger partial charge >= 0.3 is 0 Å². The molecule has 6 heteroatoms. The smallest absolute Gasteiger partial charge is 0.213 e. The Morgan fingerprint density at radius 2 is 1.86 bits per heavy atom. The van der Waals surface area contributed by atoms with Crippen molar-refractivity contribution >= 4 is 0 Å². The van der Waals surface area contributed by atoms with Crippen LogP contribution in [0.25, 0.3) is 11.4 Å². The molecule has 3 heterocycles. The lowest BCUT2D eigenvalue weighted by atomic mass is 10.2. The van der Waals surface area contributed by atoms with Crippen LogP contribution < -0.4 is 4.74 Å². The predicted molar refractivity (Wildman–Crippen MR) is 83.7 cm³/mol. The van der Waals surface area contributed by atoms with Crippen LogP contribution in [0, 0.1) is 13.8 Å². The second-order valence-electron chi connectivity index (χ2n) is 5.14. The Morgan fingerprint density at radius 3 is 2.59 bits per heavy atom. The molecule has 0 amide bonds. The van der Waals surface area contributed by atoms with Gasteiger partial charge in [0.1, 0.15) is 5.82 Å². The minimum atomic E-state index is 0.591. The Balaban J connectivity index is 1.81. The van der Waals surface area contributed by atoms with Crippen LogP contribution in [0.3, 0.4) is 0 Å². The van der Waals surface area contributed by atoms with Gasteiger partial charge < -0.3 is 13.9 Å². The van der Waals surface area contributed by atoms with Gasteiger partial charge in [-0.3, -0.25) is 0 Å². The summed E-state index contributed by atoms with van der Waals surface area (Å²) < 4.78 is 9.47. The summed E-state index contributed by atoms with van der Waals surface area (Å²) in [5, 5.41) is 0. The van der Waals surface area contributed by atoms with Gasteiger partial charge in [-0.15, -0.1) is 0 Å². The molecule has 6 nitrogen and oxygen atoms in total. The zero-order valence-electron chi connectivity index (χ0n) is 13.0. The van der Waals surface area contributed by atoms with Crippen LogP contribution in [0.15, 0.2) is 37.1 Å². The first-order valence-corrected chi connectivity index (χ1v) is 7.19. The summed E-state index contributed by atoms with van der Waals surface area (Å²) in [6.45, 7) is 5.80. The normalized spacial score (nSPS) is 10.9. The topological polar surface area (TPSA) is 57.8 Å². The van der Waals surface area contributed by atoms with Crippen molar-refractivity contribution in [3.8, 4) is 17.3 Å². The number of hydrogen-bond acceptors (Lipinski definition) is 4. The van der Waals surface area contributed by atoms with Crippen molar-refractivity contribution < 1.29 is 4.74 Å². The summed E-state index contributed by atoms with van der Waals surface area (Å²) in [6.07, 6.45) is 7.42. The highest BCUT2D eigenvalue weighted by molar-refractivity contribution is 5.56. The monoisotopic (exact) mass is 297 g/mol. The van der Waals surface area contributed by atoms with Crippen molar-refractivity contribution in [3.05, 3.63) is 48.4 Å². The summed E-state index contributed by atoms with van der Waals surface area (Å²) in [5.74, 6) is 1.50. The zero-order chi connectivity index (χ0) is 15.5. The van der Waals surface area contributed by atoms with Crippen molar-refractivity contribution in [1.29, 1.82) is 0 Å². The highest BCUT2D eigenvalue weighted by Gasteiger charge is 2.08. The Hall–Kier alpha value is -2.63. The van der Waals surface area contributed by atoms with E-state index in [-0.39, 0.29) is 0 Å². The van der Waals surface area contributed by atoms with Crippen molar-refractivity contribution in [2.24, 2.45) is 0 Å². The number of pyridine rings is 1. The highest BCUT2D eigenvalue weighted by Crippen LogP contribution is 2.20. The molecule has 0 unspecified atom stereocenters. The molecule has 0 N–H and O–H groups in total. The lowest BCUT2D eigenvalue weighted by Crippen LogP contribution is -2.08. The second kappa shape index (κ2) is 6.01. The third-order valence-electron chi connectivity index (χ3n) is 3.84. The van der Waals surface area contributed by atoms with Crippen molar-refractivity contribution in [1.82, 2.24) is 24.1 Å². The van der Waals surface area contributed by atoms with Crippen LogP contribution in [-0.2, 0) is 13.1 Å². The molecule has 0 aliphatic carbocycles. The lowest BCUT2D eigenvalue weighted by Gasteiger charge is -2.10. The average molecular weight is 297 g/mol. The quantitative estimate of drug-likeness (QED) is 0.726. The lowest BCUT2D eigenvalue weighted by molar-refractivity contribution is 0.398. The minimum absolute atomic E-state index is 0.591. The maximum Gasteiger partial charge on any atom is 0.213 e. The molecule has 0 atom stereocenters. The SMILES string of the molecule is COc1cc(-c2nccn2CCn2cnc(C)c2C)ccn1. The van der Waals surface area contributed by atoms with Crippen LogP contribution in [0.4, 0.5) is 0 Å². The molecule has 0 aliphatic heterocycles. The number of rotatable bonds is 5. The Bertz CT molecular complexity index is 774. The first-order chi connectivity index (χ1) is 10.7. The van der Waals surface area contributed by atoms with E-state index in [0.29, 0.717) is 5.88 Å². The molecule has 0 bridgehead atoms. The van der Waals surface area contributed by atoms with Gasteiger partial charge in [-0.2, -0.15) is 0 Å². The van der Waals surface area contributed by atoms with Crippen molar-refractivity contribution in [3.63, 3.8) is 0 Å². The van der Waals surface area contributed by atoms with Crippen LogP contribution >= 0.6 is 0 Å². The van der Waals surface area contributed by atoms with Crippen molar-refractivity contribution in [2.45, 2.75) is 26.9 Å². The molecule has 0 saturated carbocycles. The number of nitrogens with zero attached hydrogens (tertiary/aromatic N) is 5. The van der Waals surface area contributed by atoms with Crippen LogP contribution in [0.2, 0.25) is 0 Å². The number of aromatic nitrogens is 5. The number of hydrogen-bond donors (Lipinski definition) is 0. The number of ether oxygens (including phenoxy) is 1. The molecule has 0 fully saturated rings. The predicted octanol–water partition coefficient (Wildman–Crippen LogP) is 2.47. The Kier molecular flexibility index (Phi) is 3.91.